The van der Waals surface area contributed by atoms with Crippen LogP contribution in [0, 0.1) is 5.92 Å². The van der Waals surface area contributed by atoms with Gasteiger partial charge in [-0.1, -0.05) is 0 Å². The van der Waals surface area contributed by atoms with E-state index in [0.29, 0.717) is 12.3 Å². The van der Waals surface area contributed by atoms with Crippen LogP contribution in [0.3, 0.4) is 0 Å². The third-order valence-electron chi connectivity index (χ3n) is 2.72. The number of carboxylic acids is 1. The molecule has 0 aliphatic carbocycles. The number of nitrogens with one attached hydrogen (secondary N) is 2. The molecule has 6 nitrogen and oxygen atoms in total. The number of amides is 1. The fourth-order valence-corrected chi connectivity index (χ4v) is 1.92. The lowest BCUT2D eigenvalue weighted by atomic mass is 9.99. The first-order chi connectivity index (χ1) is 8.28. The zero-order chi connectivity index (χ0) is 13.8. The molecule has 2 unspecified atom stereocenters. The molecular formula is C12H22N2O4. The van der Waals surface area contributed by atoms with E-state index in [1.165, 1.54) is 0 Å². The van der Waals surface area contributed by atoms with E-state index in [1.54, 1.807) is 20.8 Å². The highest BCUT2D eigenvalue weighted by Crippen LogP contribution is 2.15. The number of aliphatic carboxylic acids is 1. The summed E-state index contributed by atoms with van der Waals surface area (Å²) in [5.74, 6) is -0.728. The van der Waals surface area contributed by atoms with Crippen LogP contribution in [0.4, 0.5) is 4.79 Å². The molecule has 0 aromatic carbocycles. The highest BCUT2D eigenvalue weighted by molar-refractivity contribution is 5.80. The smallest absolute Gasteiger partial charge is 0.408 e. The SMILES string of the molecule is CC(C)(C)OC(=O)NC(CC1CCNC1)C(=O)O. The second kappa shape index (κ2) is 6.04. The van der Waals surface area contributed by atoms with E-state index in [4.69, 9.17) is 9.84 Å². The molecular weight excluding hydrogens is 236 g/mol. The van der Waals surface area contributed by atoms with Crippen molar-refractivity contribution in [3.63, 3.8) is 0 Å². The summed E-state index contributed by atoms with van der Waals surface area (Å²) in [6, 6.07) is -0.884. The highest BCUT2D eigenvalue weighted by Gasteiger charge is 2.27. The lowest BCUT2D eigenvalue weighted by molar-refractivity contribution is -0.139. The number of hydrogen-bond acceptors (Lipinski definition) is 4. The average Bonchev–Trinajstić information content (AvgIpc) is 2.66. The maximum atomic E-state index is 11.5. The Morgan fingerprint density at radius 3 is 2.61 bits per heavy atom. The zero-order valence-corrected chi connectivity index (χ0v) is 11.2. The number of hydrogen-bond donors (Lipinski definition) is 3. The number of ether oxygens (including phenoxy) is 1. The molecule has 1 saturated heterocycles. The summed E-state index contributed by atoms with van der Waals surface area (Å²) in [6.45, 7) is 6.93. The Bertz CT molecular complexity index is 306. The minimum atomic E-state index is -1.02. The Morgan fingerprint density at radius 2 is 2.17 bits per heavy atom. The third-order valence-corrected chi connectivity index (χ3v) is 2.72. The summed E-state index contributed by atoms with van der Waals surface area (Å²) >= 11 is 0. The van der Waals surface area contributed by atoms with Crippen molar-refractivity contribution in [2.45, 2.75) is 45.3 Å². The predicted octanol–water partition coefficient (Wildman–Crippen LogP) is 0.964. The van der Waals surface area contributed by atoms with E-state index in [9.17, 15) is 9.59 Å². The number of alkyl carbamates (subject to hydrolysis) is 1. The molecule has 1 amide bonds. The fraction of sp³-hybridized carbons (Fsp3) is 0.833. The molecule has 0 aromatic heterocycles. The minimum absolute atomic E-state index is 0.293. The molecule has 1 fully saturated rings. The molecule has 1 aliphatic rings. The number of carbonyl (C=O) groups is 2. The molecule has 18 heavy (non-hydrogen) atoms. The monoisotopic (exact) mass is 258 g/mol. The largest absolute Gasteiger partial charge is 0.480 e. The van der Waals surface area contributed by atoms with Gasteiger partial charge in [0, 0.05) is 0 Å². The van der Waals surface area contributed by atoms with Crippen molar-refractivity contribution in [2.24, 2.45) is 5.92 Å². The summed E-state index contributed by atoms with van der Waals surface area (Å²) < 4.78 is 5.05. The van der Waals surface area contributed by atoms with Crippen LogP contribution >= 0.6 is 0 Å². The number of carbonyl (C=O) groups excluding carboxylic acids is 1. The average molecular weight is 258 g/mol. The van der Waals surface area contributed by atoms with Gasteiger partial charge in [-0.25, -0.2) is 9.59 Å². The Labute approximate surface area is 107 Å². The maximum Gasteiger partial charge on any atom is 0.408 e. The third kappa shape index (κ3) is 5.35. The Kier molecular flexibility index (Phi) is 4.95. The van der Waals surface area contributed by atoms with Crippen molar-refractivity contribution in [3.05, 3.63) is 0 Å². The van der Waals surface area contributed by atoms with Crippen molar-refractivity contribution in [3.8, 4) is 0 Å². The second-order valence-electron chi connectivity index (χ2n) is 5.63. The molecule has 0 spiro atoms. The van der Waals surface area contributed by atoms with E-state index in [0.717, 1.165) is 19.5 Å². The number of carboxylic acid groups (broad SMARTS) is 1. The Morgan fingerprint density at radius 1 is 1.50 bits per heavy atom. The Hall–Kier alpha value is -1.30. The van der Waals surface area contributed by atoms with Crippen LogP contribution in [-0.2, 0) is 9.53 Å². The van der Waals surface area contributed by atoms with Crippen molar-refractivity contribution < 1.29 is 19.4 Å². The number of rotatable bonds is 4. The van der Waals surface area contributed by atoms with Crippen LogP contribution < -0.4 is 10.6 Å². The quantitative estimate of drug-likeness (QED) is 0.699. The molecule has 6 heteroatoms. The Balaban J connectivity index is 2.46. The van der Waals surface area contributed by atoms with Gasteiger partial charge < -0.3 is 20.5 Å². The summed E-state index contributed by atoms with van der Waals surface area (Å²) in [6.07, 6.45) is 0.697. The van der Waals surface area contributed by atoms with Gasteiger partial charge in [0.2, 0.25) is 0 Å². The molecule has 2 atom stereocenters. The van der Waals surface area contributed by atoms with E-state index in [2.05, 4.69) is 10.6 Å². The van der Waals surface area contributed by atoms with Gasteiger partial charge in [0.25, 0.3) is 0 Å². The first-order valence-corrected chi connectivity index (χ1v) is 6.21. The second-order valence-corrected chi connectivity index (χ2v) is 5.63. The molecule has 0 aromatic rings. The van der Waals surface area contributed by atoms with Crippen molar-refractivity contribution in [1.82, 2.24) is 10.6 Å². The van der Waals surface area contributed by atoms with E-state index in [-0.39, 0.29) is 0 Å². The van der Waals surface area contributed by atoms with Gasteiger partial charge in [0.15, 0.2) is 0 Å². The zero-order valence-electron chi connectivity index (χ0n) is 11.2. The van der Waals surface area contributed by atoms with Gasteiger partial charge in [0.05, 0.1) is 0 Å². The topological polar surface area (TPSA) is 87.7 Å². The van der Waals surface area contributed by atoms with Gasteiger partial charge in [-0.2, -0.15) is 0 Å². The molecule has 104 valence electrons. The van der Waals surface area contributed by atoms with Gasteiger partial charge in [-0.15, -0.1) is 0 Å². The van der Waals surface area contributed by atoms with Gasteiger partial charge in [-0.05, 0) is 52.6 Å². The minimum Gasteiger partial charge on any atom is -0.480 e. The first-order valence-electron chi connectivity index (χ1n) is 6.21. The summed E-state index contributed by atoms with van der Waals surface area (Å²) in [7, 11) is 0. The molecule has 1 aliphatic heterocycles. The molecule has 0 radical (unpaired) electrons. The summed E-state index contributed by atoms with van der Waals surface area (Å²) in [5.41, 5.74) is -0.623. The van der Waals surface area contributed by atoms with E-state index in [1.807, 2.05) is 0 Å². The van der Waals surface area contributed by atoms with E-state index < -0.39 is 23.7 Å². The molecule has 3 N–H and O–H groups in total. The normalized spacial score (nSPS) is 21.4. The fourth-order valence-electron chi connectivity index (χ4n) is 1.92. The van der Waals surface area contributed by atoms with Gasteiger partial charge >= 0.3 is 12.1 Å². The van der Waals surface area contributed by atoms with Crippen LogP contribution in [-0.4, -0.2) is 41.9 Å². The van der Waals surface area contributed by atoms with Crippen LogP contribution in [0.25, 0.3) is 0 Å². The van der Waals surface area contributed by atoms with Crippen molar-refractivity contribution in [1.29, 1.82) is 0 Å². The summed E-state index contributed by atoms with van der Waals surface area (Å²) in [5, 5.41) is 14.7. The van der Waals surface area contributed by atoms with Crippen LogP contribution in [0.1, 0.15) is 33.6 Å². The van der Waals surface area contributed by atoms with E-state index >= 15 is 0 Å². The lowest BCUT2D eigenvalue weighted by Gasteiger charge is -2.23. The van der Waals surface area contributed by atoms with Crippen LogP contribution in [0.5, 0.6) is 0 Å². The van der Waals surface area contributed by atoms with Gasteiger partial charge in [0.1, 0.15) is 11.6 Å². The van der Waals surface area contributed by atoms with Crippen LogP contribution in [0.15, 0.2) is 0 Å². The first kappa shape index (κ1) is 14.8. The predicted molar refractivity (Wildman–Crippen MR) is 66.4 cm³/mol. The highest BCUT2D eigenvalue weighted by atomic mass is 16.6. The standard InChI is InChI=1S/C12H22N2O4/c1-12(2,3)18-11(17)14-9(10(15)16)6-8-4-5-13-7-8/h8-9,13H,4-7H2,1-3H3,(H,14,17)(H,15,16). The molecule has 1 rings (SSSR count). The summed E-state index contributed by atoms with van der Waals surface area (Å²) in [4.78, 5) is 22.6. The molecule has 0 saturated carbocycles. The van der Waals surface area contributed by atoms with Crippen molar-refractivity contribution >= 4 is 12.1 Å². The van der Waals surface area contributed by atoms with Gasteiger partial charge in [-0.3, -0.25) is 0 Å². The lowest BCUT2D eigenvalue weighted by Crippen LogP contribution is -2.44. The molecule has 0 bridgehead atoms. The van der Waals surface area contributed by atoms with Crippen LogP contribution in [0.2, 0.25) is 0 Å². The molecule has 1 heterocycles. The van der Waals surface area contributed by atoms with Crippen molar-refractivity contribution in [2.75, 3.05) is 13.1 Å². The maximum absolute atomic E-state index is 11.5.